The Morgan fingerprint density at radius 1 is 1.00 bits per heavy atom. The van der Waals surface area contributed by atoms with Crippen molar-refractivity contribution >= 4 is 11.7 Å². The van der Waals surface area contributed by atoms with E-state index in [1.807, 2.05) is 23.9 Å². The second-order valence-electron chi connectivity index (χ2n) is 12.7. The van der Waals surface area contributed by atoms with Crippen molar-refractivity contribution in [1.82, 2.24) is 14.7 Å². The van der Waals surface area contributed by atoms with Crippen LogP contribution in [0.4, 0.5) is 8.78 Å². The van der Waals surface area contributed by atoms with Gasteiger partial charge in [0.15, 0.2) is 5.78 Å². The van der Waals surface area contributed by atoms with Gasteiger partial charge in [0.05, 0.1) is 17.4 Å². The molecule has 0 bridgehead atoms. The van der Waals surface area contributed by atoms with E-state index in [2.05, 4.69) is 50.8 Å². The molecule has 0 aromatic heterocycles. The summed E-state index contributed by atoms with van der Waals surface area (Å²) < 4.78 is 28.6. The summed E-state index contributed by atoms with van der Waals surface area (Å²) in [6, 6.07) is 9.71. The van der Waals surface area contributed by atoms with Crippen molar-refractivity contribution in [2.75, 3.05) is 40.3 Å². The minimum absolute atomic E-state index is 0.000559. The van der Waals surface area contributed by atoms with Gasteiger partial charge in [-0.25, -0.2) is 8.78 Å². The van der Waals surface area contributed by atoms with Crippen LogP contribution in [0.5, 0.6) is 0 Å². The minimum atomic E-state index is -0.617. The molecule has 5 rings (SSSR count). The highest BCUT2D eigenvalue weighted by molar-refractivity contribution is 6.00. The number of ketones is 1. The van der Waals surface area contributed by atoms with Crippen molar-refractivity contribution in [3.63, 3.8) is 0 Å². The van der Waals surface area contributed by atoms with Gasteiger partial charge in [0.1, 0.15) is 11.6 Å². The molecule has 1 unspecified atom stereocenters. The van der Waals surface area contributed by atoms with E-state index < -0.39 is 23.0 Å². The summed E-state index contributed by atoms with van der Waals surface area (Å²) >= 11 is 0. The molecule has 0 N–H and O–H groups in total. The van der Waals surface area contributed by atoms with E-state index in [9.17, 15) is 18.4 Å². The molecule has 2 aromatic carbocycles. The molecule has 5 nitrogen and oxygen atoms in total. The predicted octanol–water partition coefficient (Wildman–Crippen LogP) is 4.83. The first kappa shape index (κ1) is 26.9. The molecule has 2 saturated heterocycles. The Bertz CT molecular complexity index is 1260. The average molecular weight is 524 g/mol. The third-order valence-electron chi connectivity index (χ3n) is 9.13. The van der Waals surface area contributed by atoms with E-state index in [-0.39, 0.29) is 29.2 Å². The number of rotatable bonds is 3. The molecule has 1 spiro atoms. The maximum absolute atomic E-state index is 14.9. The number of fused-ring (bicyclic) bond motifs is 2. The van der Waals surface area contributed by atoms with Crippen LogP contribution in [-0.4, -0.2) is 72.2 Å². The van der Waals surface area contributed by atoms with Crippen LogP contribution >= 0.6 is 0 Å². The summed E-state index contributed by atoms with van der Waals surface area (Å²) in [5.41, 5.74) is 2.95. The fraction of sp³-hybridized carbons (Fsp3) is 0.548. The predicted molar refractivity (Wildman–Crippen MR) is 144 cm³/mol. The van der Waals surface area contributed by atoms with Crippen molar-refractivity contribution in [2.45, 2.75) is 63.5 Å². The SMILES string of the molecule is Cc1ccc2c(c1)C1(CCN(C(=O)[C@@H]3CN(C(C)(C)C)C[C@H]3c3ccc(F)cc3F)CC1)C(=O)C2N(C)C. The molecule has 0 saturated carbocycles. The Morgan fingerprint density at radius 2 is 1.66 bits per heavy atom. The van der Waals surface area contributed by atoms with Gasteiger partial charge in [0, 0.05) is 43.7 Å². The molecular weight excluding hydrogens is 484 g/mol. The summed E-state index contributed by atoms with van der Waals surface area (Å²) in [4.78, 5) is 33.9. The number of Topliss-reactive ketones (excluding diaryl/α,β-unsaturated/α-hetero) is 1. The van der Waals surface area contributed by atoms with Crippen LogP contribution in [0, 0.1) is 24.5 Å². The van der Waals surface area contributed by atoms with E-state index >= 15 is 0 Å². The normalized spacial score (nSPS) is 25.4. The van der Waals surface area contributed by atoms with Gasteiger partial charge in [-0.2, -0.15) is 0 Å². The maximum Gasteiger partial charge on any atom is 0.227 e. The number of benzene rings is 2. The van der Waals surface area contributed by atoms with Crippen molar-refractivity contribution in [3.8, 4) is 0 Å². The number of piperidine rings is 1. The van der Waals surface area contributed by atoms with Gasteiger partial charge < -0.3 is 4.90 Å². The van der Waals surface area contributed by atoms with Crippen LogP contribution in [0.25, 0.3) is 0 Å². The molecule has 1 amide bonds. The van der Waals surface area contributed by atoms with Gasteiger partial charge in [0.25, 0.3) is 0 Å². The molecule has 1 aliphatic carbocycles. The lowest BCUT2D eigenvalue weighted by Crippen LogP contribution is -2.50. The molecule has 2 heterocycles. The smallest absolute Gasteiger partial charge is 0.227 e. The maximum atomic E-state index is 14.9. The molecule has 3 aliphatic rings. The van der Waals surface area contributed by atoms with Crippen LogP contribution in [-0.2, 0) is 15.0 Å². The second-order valence-corrected chi connectivity index (χ2v) is 12.7. The Morgan fingerprint density at radius 3 is 2.26 bits per heavy atom. The lowest BCUT2D eigenvalue weighted by Gasteiger charge is -2.40. The number of carbonyl (C=O) groups excluding carboxylic acids is 2. The summed E-state index contributed by atoms with van der Waals surface area (Å²) in [7, 11) is 3.89. The number of aryl methyl sites for hydroxylation is 1. The molecule has 38 heavy (non-hydrogen) atoms. The molecule has 2 aromatic rings. The summed E-state index contributed by atoms with van der Waals surface area (Å²) in [5.74, 6) is -1.77. The van der Waals surface area contributed by atoms with Crippen molar-refractivity contribution in [3.05, 3.63) is 70.3 Å². The molecule has 0 radical (unpaired) electrons. The number of amides is 1. The van der Waals surface area contributed by atoms with Crippen molar-refractivity contribution < 1.29 is 18.4 Å². The fourth-order valence-electron chi connectivity index (χ4n) is 6.95. The quantitative estimate of drug-likeness (QED) is 0.578. The first-order chi connectivity index (χ1) is 17.8. The van der Waals surface area contributed by atoms with E-state index in [0.717, 1.165) is 22.8 Å². The zero-order valence-corrected chi connectivity index (χ0v) is 23.4. The van der Waals surface area contributed by atoms with Crippen LogP contribution < -0.4 is 0 Å². The number of likely N-dealkylation sites (N-methyl/N-ethyl adjacent to an activating group) is 1. The highest BCUT2D eigenvalue weighted by atomic mass is 19.1. The second kappa shape index (κ2) is 9.53. The molecule has 204 valence electrons. The number of halogens is 2. The van der Waals surface area contributed by atoms with Gasteiger partial charge in [-0.05, 0) is 77.4 Å². The van der Waals surface area contributed by atoms with Crippen molar-refractivity contribution in [1.29, 1.82) is 0 Å². The Balaban J connectivity index is 1.41. The number of hydrogen-bond acceptors (Lipinski definition) is 4. The molecular formula is C31H39F2N3O2. The first-order valence-electron chi connectivity index (χ1n) is 13.6. The van der Waals surface area contributed by atoms with Crippen LogP contribution in [0.15, 0.2) is 36.4 Å². The zero-order valence-electron chi connectivity index (χ0n) is 23.4. The largest absolute Gasteiger partial charge is 0.342 e. The van der Waals surface area contributed by atoms with E-state index in [1.54, 1.807) is 0 Å². The minimum Gasteiger partial charge on any atom is -0.342 e. The van der Waals surface area contributed by atoms with E-state index in [4.69, 9.17) is 0 Å². The summed E-state index contributed by atoms with van der Waals surface area (Å²) in [6.07, 6.45) is 1.17. The standard InChI is InChI=1S/C31H39F2N3O2/c1-19-7-9-22-25(15-19)31(28(37)27(22)34(5)6)11-13-35(14-12-31)29(38)24-18-36(30(2,3)4)17-23(24)21-10-8-20(32)16-26(21)33/h7-10,15-16,23-24,27H,11-14,17-18H2,1-6H3/t23-,24+,27?/m0/s1. The highest BCUT2D eigenvalue weighted by Gasteiger charge is 2.54. The first-order valence-corrected chi connectivity index (χ1v) is 13.6. The van der Waals surface area contributed by atoms with E-state index in [0.29, 0.717) is 44.6 Å². The van der Waals surface area contributed by atoms with Crippen molar-refractivity contribution in [2.24, 2.45) is 5.92 Å². The Kier molecular flexibility index (Phi) is 6.75. The fourth-order valence-corrected chi connectivity index (χ4v) is 6.95. The highest BCUT2D eigenvalue weighted by Crippen LogP contribution is 2.50. The van der Waals surface area contributed by atoms with Crippen LogP contribution in [0.3, 0.4) is 0 Å². The van der Waals surface area contributed by atoms with Crippen LogP contribution in [0.1, 0.15) is 67.8 Å². The van der Waals surface area contributed by atoms with Gasteiger partial charge in [-0.15, -0.1) is 0 Å². The Labute approximate surface area is 224 Å². The van der Waals surface area contributed by atoms with Gasteiger partial charge in [-0.1, -0.05) is 29.8 Å². The number of hydrogen-bond donors (Lipinski definition) is 0. The Hall–Kier alpha value is -2.64. The third kappa shape index (κ3) is 4.37. The molecule has 3 atom stereocenters. The summed E-state index contributed by atoms with van der Waals surface area (Å²) in [6.45, 7) is 10.4. The topological polar surface area (TPSA) is 43.9 Å². The lowest BCUT2D eigenvalue weighted by atomic mass is 9.72. The van der Waals surface area contributed by atoms with Gasteiger partial charge in [0.2, 0.25) is 5.91 Å². The van der Waals surface area contributed by atoms with Gasteiger partial charge in [-0.3, -0.25) is 19.4 Å². The van der Waals surface area contributed by atoms with Gasteiger partial charge >= 0.3 is 0 Å². The molecule has 2 aliphatic heterocycles. The number of carbonyl (C=O) groups is 2. The lowest BCUT2D eigenvalue weighted by molar-refractivity contribution is -0.140. The number of nitrogens with zero attached hydrogens (tertiary/aromatic N) is 3. The average Bonchev–Trinajstić information content (AvgIpc) is 3.38. The molecule has 2 fully saturated rings. The molecule has 7 heteroatoms. The summed E-state index contributed by atoms with van der Waals surface area (Å²) in [5, 5.41) is 0. The monoisotopic (exact) mass is 523 g/mol. The third-order valence-corrected chi connectivity index (χ3v) is 9.13. The van der Waals surface area contributed by atoms with E-state index in [1.165, 1.54) is 12.1 Å². The van der Waals surface area contributed by atoms with Crippen LogP contribution in [0.2, 0.25) is 0 Å². The number of likely N-dealkylation sites (tertiary alicyclic amines) is 2. The zero-order chi connectivity index (χ0) is 27.6.